The Hall–Kier alpha value is -2.75. The molecule has 2 aromatic rings. The molecule has 0 aliphatic carbocycles. The highest BCUT2D eigenvalue weighted by molar-refractivity contribution is 5.92. The van der Waals surface area contributed by atoms with Crippen molar-refractivity contribution < 1.29 is 27.4 Å². The van der Waals surface area contributed by atoms with Crippen molar-refractivity contribution in [1.29, 1.82) is 0 Å². The third-order valence-electron chi connectivity index (χ3n) is 3.65. The third-order valence-corrected chi connectivity index (χ3v) is 3.65. The summed E-state index contributed by atoms with van der Waals surface area (Å²) in [6.07, 6.45) is -0.0813. The Morgan fingerprint density at radius 3 is 2.73 bits per heavy atom. The first kappa shape index (κ1) is 18.1. The van der Waals surface area contributed by atoms with Crippen LogP contribution in [-0.4, -0.2) is 58.2 Å². The predicted molar refractivity (Wildman–Crippen MR) is 82.4 cm³/mol. The fourth-order valence-electron chi connectivity index (χ4n) is 2.40. The molecule has 138 valence electrons. The number of halogens is 3. The average Bonchev–Trinajstić information content (AvgIpc) is 2.87. The highest BCUT2D eigenvalue weighted by atomic mass is 19.4. The molecule has 0 aromatic carbocycles. The van der Waals surface area contributed by atoms with E-state index in [1.807, 2.05) is 0 Å². The molecule has 3 rings (SSSR count). The summed E-state index contributed by atoms with van der Waals surface area (Å²) in [7, 11) is 0. The molecule has 1 fully saturated rings. The van der Waals surface area contributed by atoms with Gasteiger partial charge in [-0.25, -0.2) is 9.97 Å². The standard InChI is InChI=1S/C16H15F3N4O3/c17-16(18,19)11-1-2-14(22-7-11)26-12-9-23(5-6-25-10-12)15(24)13-8-20-3-4-21-13/h1-4,7-8,12H,5-6,9-10H2. The van der Waals surface area contributed by atoms with Crippen LogP contribution in [0.4, 0.5) is 13.2 Å². The fraction of sp³-hybridized carbons (Fsp3) is 0.375. The molecular formula is C16H15F3N4O3. The number of carbonyl (C=O) groups is 1. The zero-order chi connectivity index (χ0) is 18.6. The van der Waals surface area contributed by atoms with Crippen molar-refractivity contribution in [2.24, 2.45) is 0 Å². The molecule has 26 heavy (non-hydrogen) atoms. The van der Waals surface area contributed by atoms with Gasteiger partial charge in [-0.3, -0.25) is 9.78 Å². The molecule has 1 saturated heterocycles. The number of rotatable bonds is 3. The minimum Gasteiger partial charge on any atom is -0.470 e. The highest BCUT2D eigenvalue weighted by Gasteiger charge is 2.31. The Labute approximate surface area is 146 Å². The molecule has 1 amide bonds. The highest BCUT2D eigenvalue weighted by Crippen LogP contribution is 2.29. The molecule has 1 atom stereocenters. The number of aromatic nitrogens is 3. The Kier molecular flexibility index (Phi) is 5.31. The summed E-state index contributed by atoms with van der Waals surface area (Å²) in [6, 6.07) is 2.03. The van der Waals surface area contributed by atoms with E-state index < -0.39 is 17.8 Å². The molecule has 1 unspecified atom stereocenters. The van der Waals surface area contributed by atoms with Gasteiger partial charge in [-0.05, 0) is 6.07 Å². The lowest BCUT2D eigenvalue weighted by molar-refractivity contribution is -0.137. The first-order valence-electron chi connectivity index (χ1n) is 7.76. The van der Waals surface area contributed by atoms with Gasteiger partial charge in [0.05, 0.1) is 31.5 Å². The molecule has 3 heterocycles. The van der Waals surface area contributed by atoms with E-state index in [4.69, 9.17) is 9.47 Å². The summed E-state index contributed by atoms with van der Waals surface area (Å²) < 4.78 is 48.7. The van der Waals surface area contributed by atoms with Crippen LogP contribution in [-0.2, 0) is 10.9 Å². The number of ether oxygens (including phenoxy) is 2. The number of carbonyl (C=O) groups excluding carboxylic acids is 1. The lowest BCUT2D eigenvalue weighted by Gasteiger charge is -2.23. The monoisotopic (exact) mass is 368 g/mol. The van der Waals surface area contributed by atoms with Crippen LogP contribution in [0.5, 0.6) is 5.88 Å². The van der Waals surface area contributed by atoms with Gasteiger partial charge in [0.25, 0.3) is 5.91 Å². The fourth-order valence-corrected chi connectivity index (χ4v) is 2.40. The van der Waals surface area contributed by atoms with Crippen LogP contribution in [0.1, 0.15) is 16.1 Å². The zero-order valence-electron chi connectivity index (χ0n) is 13.5. The molecule has 1 aliphatic rings. The van der Waals surface area contributed by atoms with Crippen molar-refractivity contribution >= 4 is 5.91 Å². The predicted octanol–water partition coefficient (Wildman–Crippen LogP) is 1.81. The number of hydrogen-bond donors (Lipinski definition) is 0. The lowest BCUT2D eigenvalue weighted by atomic mass is 10.3. The van der Waals surface area contributed by atoms with Crippen LogP contribution in [0.25, 0.3) is 0 Å². The van der Waals surface area contributed by atoms with E-state index in [2.05, 4.69) is 15.0 Å². The second-order valence-electron chi connectivity index (χ2n) is 5.54. The van der Waals surface area contributed by atoms with Gasteiger partial charge in [-0.15, -0.1) is 0 Å². The number of pyridine rings is 1. The first-order chi connectivity index (χ1) is 12.4. The van der Waals surface area contributed by atoms with E-state index in [0.717, 1.165) is 12.1 Å². The van der Waals surface area contributed by atoms with E-state index in [1.165, 1.54) is 23.5 Å². The van der Waals surface area contributed by atoms with Crippen molar-refractivity contribution in [1.82, 2.24) is 19.9 Å². The zero-order valence-corrected chi connectivity index (χ0v) is 13.5. The van der Waals surface area contributed by atoms with Gasteiger partial charge in [0.1, 0.15) is 11.8 Å². The molecule has 2 aromatic heterocycles. The van der Waals surface area contributed by atoms with Crippen LogP contribution in [0.3, 0.4) is 0 Å². The van der Waals surface area contributed by atoms with E-state index in [9.17, 15) is 18.0 Å². The Morgan fingerprint density at radius 1 is 1.23 bits per heavy atom. The van der Waals surface area contributed by atoms with E-state index in [1.54, 1.807) is 0 Å². The SMILES string of the molecule is O=C(c1cnccn1)N1CCOCC(Oc2ccc(C(F)(F)F)cn2)C1. The third kappa shape index (κ3) is 4.45. The molecule has 10 heteroatoms. The van der Waals surface area contributed by atoms with E-state index >= 15 is 0 Å². The summed E-state index contributed by atoms with van der Waals surface area (Å²) in [4.78, 5) is 25.5. The molecule has 0 N–H and O–H groups in total. The van der Waals surface area contributed by atoms with Crippen molar-refractivity contribution in [2.75, 3.05) is 26.3 Å². The van der Waals surface area contributed by atoms with Crippen LogP contribution in [0.15, 0.2) is 36.9 Å². The quantitative estimate of drug-likeness (QED) is 0.822. The maximum Gasteiger partial charge on any atom is 0.417 e. The Morgan fingerprint density at radius 2 is 2.08 bits per heavy atom. The molecule has 7 nitrogen and oxygen atoms in total. The van der Waals surface area contributed by atoms with Crippen LogP contribution in [0.2, 0.25) is 0 Å². The van der Waals surface area contributed by atoms with Crippen molar-refractivity contribution in [3.63, 3.8) is 0 Å². The topological polar surface area (TPSA) is 77.4 Å². The summed E-state index contributed by atoms with van der Waals surface area (Å²) in [5.41, 5.74) is -0.665. The number of alkyl halides is 3. The summed E-state index contributed by atoms with van der Waals surface area (Å²) >= 11 is 0. The maximum absolute atomic E-state index is 12.6. The van der Waals surface area contributed by atoms with Crippen LogP contribution < -0.4 is 4.74 Å². The minimum absolute atomic E-state index is 0.0281. The summed E-state index contributed by atoms with van der Waals surface area (Å²) in [5.74, 6) is -0.294. The Bertz CT molecular complexity index is 741. The molecule has 0 saturated carbocycles. The molecular weight excluding hydrogens is 353 g/mol. The van der Waals surface area contributed by atoms with Gasteiger partial charge >= 0.3 is 6.18 Å². The molecule has 0 spiro atoms. The van der Waals surface area contributed by atoms with E-state index in [-0.39, 0.29) is 30.6 Å². The molecule has 0 bridgehead atoms. The van der Waals surface area contributed by atoms with Crippen LogP contribution >= 0.6 is 0 Å². The van der Waals surface area contributed by atoms with Crippen LogP contribution in [0, 0.1) is 0 Å². The summed E-state index contributed by atoms with van der Waals surface area (Å²) in [6.45, 7) is 1.03. The normalized spacial score (nSPS) is 18.3. The smallest absolute Gasteiger partial charge is 0.417 e. The number of nitrogens with zero attached hydrogens (tertiary/aromatic N) is 4. The van der Waals surface area contributed by atoms with Gasteiger partial charge in [-0.2, -0.15) is 13.2 Å². The maximum atomic E-state index is 12.6. The largest absolute Gasteiger partial charge is 0.470 e. The van der Waals surface area contributed by atoms with E-state index in [0.29, 0.717) is 19.3 Å². The number of amides is 1. The van der Waals surface area contributed by atoms with Gasteiger partial charge in [0.2, 0.25) is 5.88 Å². The average molecular weight is 368 g/mol. The Balaban J connectivity index is 1.67. The molecule has 0 radical (unpaired) electrons. The van der Waals surface area contributed by atoms with Crippen molar-refractivity contribution in [2.45, 2.75) is 12.3 Å². The second-order valence-corrected chi connectivity index (χ2v) is 5.54. The van der Waals surface area contributed by atoms with Crippen molar-refractivity contribution in [3.8, 4) is 5.88 Å². The summed E-state index contributed by atoms with van der Waals surface area (Å²) in [5, 5.41) is 0. The minimum atomic E-state index is -4.46. The first-order valence-corrected chi connectivity index (χ1v) is 7.76. The van der Waals surface area contributed by atoms with Gasteiger partial charge < -0.3 is 14.4 Å². The van der Waals surface area contributed by atoms with Gasteiger partial charge in [-0.1, -0.05) is 0 Å². The second kappa shape index (κ2) is 7.65. The molecule has 1 aliphatic heterocycles. The van der Waals surface area contributed by atoms with Gasteiger partial charge in [0, 0.05) is 31.2 Å². The lowest BCUT2D eigenvalue weighted by Crippen LogP contribution is -2.40. The van der Waals surface area contributed by atoms with Gasteiger partial charge in [0.15, 0.2) is 0 Å². The number of hydrogen-bond acceptors (Lipinski definition) is 6. The van der Waals surface area contributed by atoms with Crippen molar-refractivity contribution in [3.05, 3.63) is 48.2 Å².